The molecule has 0 aliphatic rings. The van der Waals surface area contributed by atoms with Crippen molar-refractivity contribution in [3.8, 4) is 11.5 Å². The molecule has 0 spiro atoms. The lowest BCUT2D eigenvalue weighted by molar-refractivity contribution is -0.114. The van der Waals surface area contributed by atoms with Gasteiger partial charge < -0.3 is 15.8 Å². The first-order chi connectivity index (χ1) is 11.0. The summed E-state index contributed by atoms with van der Waals surface area (Å²) < 4.78 is 5.83. The molecule has 0 saturated carbocycles. The summed E-state index contributed by atoms with van der Waals surface area (Å²) in [4.78, 5) is 11.0. The van der Waals surface area contributed by atoms with E-state index in [1.165, 1.54) is 6.92 Å². The Hall–Kier alpha value is -2.93. The maximum atomic E-state index is 11.0. The quantitative estimate of drug-likeness (QED) is 0.446. The average Bonchev–Trinajstić information content (AvgIpc) is 2.50. The minimum atomic E-state index is -0.120. The van der Waals surface area contributed by atoms with E-state index in [-0.39, 0.29) is 11.0 Å². The summed E-state index contributed by atoms with van der Waals surface area (Å²) in [6, 6.07) is 14.5. The van der Waals surface area contributed by atoms with Crippen LogP contribution in [0.2, 0.25) is 0 Å². The molecular formula is C16H16N4O2S. The minimum absolute atomic E-state index is 0.0909. The summed E-state index contributed by atoms with van der Waals surface area (Å²) in [6.45, 7) is 1.46. The molecule has 0 unspecified atom stereocenters. The molecule has 1 amide bonds. The number of nitrogens with two attached hydrogens (primary N) is 1. The van der Waals surface area contributed by atoms with Crippen molar-refractivity contribution in [3.63, 3.8) is 0 Å². The first kappa shape index (κ1) is 16.4. The molecule has 0 fully saturated rings. The number of benzene rings is 2. The molecule has 2 rings (SSSR count). The number of nitrogens with one attached hydrogen (secondary N) is 2. The summed E-state index contributed by atoms with van der Waals surface area (Å²) in [6.07, 6.45) is 1.57. The van der Waals surface area contributed by atoms with Crippen molar-refractivity contribution in [2.75, 3.05) is 5.32 Å². The van der Waals surface area contributed by atoms with Crippen molar-refractivity contribution in [1.29, 1.82) is 0 Å². The summed E-state index contributed by atoms with van der Waals surface area (Å²) >= 11 is 4.68. The Kier molecular flexibility index (Phi) is 5.65. The van der Waals surface area contributed by atoms with Crippen molar-refractivity contribution in [3.05, 3.63) is 54.1 Å². The standard InChI is InChI=1S/C16H16N4O2S/c1-11(21)19-13-6-8-14(9-7-13)22-15-5-3-2-4-12(15)10-18-20-16(17)23/h2-10H,1H3,(H,19,21)(H3,17,20,23). The van der Waals surface area contributed by atoms with E-state index in [1.807, 2.05) is 24.3 Å². The molecule has 2 aromatic rings. The van der Waals surface area contributed by atoms with Crippen LogP contribution >= 0.6 is 12.2 Å². The topological polar surface area (TPSA) is 88.7 Å². The van der Waals surface area contributed by atoms with Crippen molar-refractivity contribution in [1.82, 2.24) is 5.43 Å². The van der Waals surface area contributed by atoms with Crippen LogP contribution in [0.3, 0.4) is 0 Å². The third-order valence-corrected chi connectivity index (χ3v) is 2.79. The number of hydrazone groups is 1. The number of thiocarbonyl (C=S) groups is 1. The van der Waals surface area contributed by atoms with Crippen LogP contribution < -0.4 is 21.2 Å². The second-order valence-electron chi connectivity index (χ2n) is 4.58. The zero-order valence-corrected chi connectivity index (χ0v) is 13.3. The van der Waals surface area contributed by atoms with E-state index in [9.17, 15) is 4.79 Å². The van der Waals surface area contributed by atoms with Crippen LogP contribution in [0.15, 0.2) is 53.6 Å². The zero-order chi connectivity index (χ0) is 16.7. The van der Waals surface area contributed by atoms with Crippen LogP contribution in [0, 0.1) is 0 Å². The predicted octanol–water partition coefficient (Wildman–Crippen LogP) is 2.60. The molecule has 7 heteroatoms. The number of para-hydroxylation sites is 1. The smallest absolute Gasteiger partial charge is 0.221 e. The van der Waals surface area contributed by atoms with Gasteiger partial charge in [0, 0.05) is 18.2 Å². The monoisotopic (exact) mass is 328 g/mol. The SMILES string of the molecule is CC(=O)Nc1ccc(Oc2ccccc2C=NNC(N)=S)cc1. The van der Waals surface area contributed by atoms with Gasteiger partial charge in [-0.25, -0.2) is 0 Å². The first-order valence-electron chi connectivity index (χ1n) is 6.77. The summed E-state index contributed by atoms with van der Waals surface area (Å²) in [7, 11) is 0. The number of anilines is 1. The number of hydrogen-bond donors (Lipinski definition) is 3. The van der Waals surface area contributed by atoms with Crippen LogP contribution in [0.25, 0.3) is 0 Å². The van der Waals surface area contributed by atoms with Gasteiger partial charge in [0.15, 0.2) is 5.11 Å². The number of carbonyl (C=O) groups is 1. The number of amides is 1. The number of nitrogens with zero attached hydrogens (tertiary/aromatic N) is 1. The second-order valence-corrected chi connectivity index (χ2v) is 5.02. The van der Waals surface area contributed by atoms with Crippen LogP contribution in [-0.4, -0.2) is 17.2 Å². The summed E-state index contributed by atoms with van der Waals surface area (Å²) in [5.74, 6) is 1.15. The second kappa shape index (κ2) is 7.90. The maximum absolute atomic E-state index is 11.0. The highest BCUT2D eigenvalue weighted by atomic mass is 32.1. The van der Waals surface area contributed by atoms with Gasteiger partial charge in [-0.2, -0.15) is 5.10 Å². The fraction of sp³-hybridized carbons (Fsp3) is 0.0625. The highest BCUT2D eigenvalue weighted by Gasteiger charge is 2.03. The number of hydrogen-bond acceptors (Lipinski definition) is 4. The Morgan fingerprint density at radius 3 is 2.57 bits per heavy atom. The van der Waals surface area contributed by atoms with Crippen molar-refractivity contribution >= 4 is 35.1 Å². The van der Waals surface area contributed by atoms with Gasteiger partial charge in [0.25, 0.3) is 0 Å². The van der Waals surface area contributed by atoms with E-state index in [0.717, 1.165) is 5.56 Å². The lowest BCUT2D eigenvalue weighted by Gasteiger charge is -2.09. The Labute approximate surface area is 139 Å². The van der Waals surface area contributed by atoms with E-state index in [2.05, 4.69) is 28.1 Å². The Balaban J connectivity index is 2.12. The van der Waals surface area contributed by atoms with Gasteiger partial charge in [-0.1, -0.05) is 12.1 Å². The molecule has 0 radical (unpaired) electrons. The lowest BCUT2D eigenvalue weighted by Crippen LogP contribution is -2.24. The van der Waals surface area contributed by atoms with Gasteiger partial charge in [-0.05, 0) is 48.6 Å². The molecule has 6 nitrogen and oxygen atoms in total. The van der Waals surface area contributed by atoms with Gasteiger partial charge in [0.05, 0.1) is 6.21 Å². The maximum Gasteiger partial charge on any atom is 0.221 e. The van der Waals surface area contributed by atoms with Gasteiger partial charge in [-0.15, -0.1) is 0 Å². The molecule has 0 bridgehead atoms. The molecule has 2 aromatic carbocycles. The highest BCUT2D eigenvalue weighted by molar-refractivity contribution is 7.80. The van der Waals surface area contributed by atoms with Crippen molar-refractivity contribution < 1.29 is 9.53 Å². The normalized spacial score (nSPS) is 10.3. The largest absolute Gasteiger partial charge is 0.457 e. The summed E-state index contributed by atoms with van der Waals surface area (Å²) in [5, 5.41) is 6.71. The van der Waals surface area contributed by atoms with Gasteiger partial charge in [0.1, 0.15) is 11.5 Å². The average molecular weight is 328 g/mol. The van der Waals surface area contributed by atoms with Gasteiger partial charge in [-0.3, -0.25) is 10.2 Å². The van der Waals surface area contributed by atoms with E-state index in [1.54, 1.807) is 30.5 Å². The third kappa shape index (κ3) is 5.40. The van der Waals surface area contributed by atoms with Crippen LogP contribution in [0.5, 0.6) is 11.5 Å². The molecule has 0 atom stereocenters. The minimum Gasteiger partial charge on any atom is -0.457 e. The van der Waals surface area contributed by atoms with E-state index >= 15 is 0 Å². The zero-order valence-electron chi connectivity index (χ0n) is 12.4. The number of ether oxygens (including phenoxy) is 1. The Morgan fingerprint density at radius 2 is 1.91 bits per heavy atom. The summed E-state index contributed by atoms with van der Waals surface area (Å²) in [5.41, 5.74) is 9.28. The third-order valence-electron chi connectivity index (χ3n) is 2.70. The van der Waals surface area contributed by atoms with E-state index < -0.39 is 0 Å². The van der Waals surface area contributed by atoms with Crippen LogP contribution in [-0.2, 0) is 4.79 Å². The van der Waals surface area contributed by atoms with Crippen LogP contribution in [0.4, 0.5) is 5.69 Å². The van der Waals surface area contributed by atoms with E-state index in [4.69, 9.17) is 10.5 Å². The molecule has 0 saturated heterocycles. The molecule has 4 N–H and O–H groups in total. The van der Waals surface area contributed by atoms with Crippen molar-refractivity contribution in [2.45, 2.75) is 6.92 Å². The fourth-order valence-electron chi connectivity index (χ4n) is 1.78. The molecule has 0 heterocycles. The van der Waals surface area contributed by atoms with Gasteiger partial charge in [0.2, 0.25) is 5.91 Å². The molecular weight excluding hydrogens is 312 g/mol. The molecule has 0 aromatic heterocycles. The first-order valence-corrected chi connectivity index (χ1v) is 7.18. The highest BCUT2D eigenvalue weighted by Crippen LogP contribution is 2.25. The lowest BCUT2D eigenvalue weighted by atomic mass is 10.2. The van der Waals surface area contributed by atoms with E-state index in [0.29, 0.717) is 17.2 Å². The molecule has 0 aliphatic carbocycles. The molecule has 0 aliphatic heterocycles. The number of rotatable bonds is 5. The van der Waals surface area contributed by atoms with Gasteiger partial charge >= 0.3 is 0 Å². The Morgan fingerprint density at radius 1 is 1.22 bits per heavy atom. The molecule has 118 valence electrons. The van der Waals surface area contributed by atoms with Crippen molar-refractivity contribution in [2.24, 2.45) is 10.8 Å². The fourth-order valence-corrected chi connectivity index (χ4v) is 1.83. The van der Waals surface area contributed by atoms with Crippen LogP contribution in [0.1, 0.15) is 12.5 Å². The molecule has 23 heavy (non-hydrogen) atoms. The predicted molar refractivity (Wildman–Crippen MR) is 94.8 cm³/mol. The number of carbonyl (C=O) groups excluding carboxylic acids is 1. The Bertz CT molecular complexity index is 729.